The maximum Gasteiger partial charge on any atom is 0.211 e. The molecular weight excluding hydrogens is 301 g/mol. The molecule has 3 heteroatoms. The van der Waals surface area contributed by atoms with Crippen molar-refractivity contribution in [3.8, 4) is 0 Å². The van der Waals surface area contributed by atoms with Crippen LogP contribution in [0.2, 0.25) is 12.1 Å². The maximum atomic E-state index is 5.68. The van der Waals surface area contributed by atoms with Crippen LogP contribution in [0, 0.1) is 6.92 Å². The molecule has 17 heavy (non-hydrogen) atoms. The Hall–Kier alpha value is 0.631. The van der Waals surface area contributed by atoms with E-state index in [1.54, 1.807) is 0 Å². The van der Waals surface area contributed by atoms with Gasteiger partial charge in [0.25, 0.3) is 0 Å². The largest absolute Gasteiger partial charge is 0.413 e. The average Bonchev–Trinajstić information content (AvgIpc) is 2.25. The van der Waals surface area contributed by atoms with E-state index in [0.717, 1.165) is 6.61 Å². The van der Waals surface area contributed by atoms with Crippen LogP contribution in [0.15, 0.2) is 23.3 Å². The summed E-state index contributed by atoms with van der Waals surface area (Å²) >= 11 is 0. The topological polar surface area (TPSA) is 9.23 Å². The summed E-state index contributed by atoms with van der Waals surface area (Å²) in [5, 5.41) is 0. The Kier molecular flexibility index (Phi) is 22.3. The van der Waals surface area contributed by atoms with Crippen molar-refractivity contribution in [2.45, 2.75) is 53.6 Å². The molecule has 0 saturated heterocycles. The maximum absolute atomic E-state index is 5.68. The summed E-state index contributed by atoms with van der Waals surface area (Å²) in [6.45, 7) is 17.0. The standard InChI is InChI=1S/C9H19OSi.C5H9.Y/c1-5-11(6-2)10-8-7-9(3)4;1-4-5(2)3;/h7H,5-6,8H2,1-4H3;4H,1H2,2-3H3;/q;-1;. The third kappa shape index (κ3) is 22.3. The summed E-state index contributed by atoms with van der Waals surface area (Å²) in [4.78, 5) is 0. The zero-order chi connectivity index (χ0) is 13.0. The number of allylic oxidation sites excluding steroid dienone is 3. The van der Waals surface area contributed by atoms with Crippen molar-refractivity contribution in [3.63, 3.8) is 0 Å². The minimum Gasteiger partial charge on any atom is -0.413 e. The van der Waals surface area contributed by atoms with E-state index in [-0.39, 0.29) is 32.7 Å². The van der Waals surface area contributed by atoms with Gasteiger partial charge in [-0.2, -0.15) is 0 Å². The van der Waals surface area contributed by atoms with E-state index in [4.69, 9.17) is 4.43 Å². The fourth-order valence-corrected chi connectivity index (χ4v) is 2.01. The third-order valence-electron chi connectivity index (χ3n) is 1.98. The molecule has 0 saturated carbocycles. The van der Waals surface area contributed by atoms with Crippen LogP contribution in [-0.4, -0.2) is 15.6 Å². The second-order valence-electron chi connectivity index (χ2n) is 4.12. The smallest absolute Gasteiger partial charge is 0.211 e. The molecule has 0 aromatic heterocycles. The van der Waals surface area contributed by atoms with E-state index < -0.39 is 9.04 Å². The van der Waals surface area contributed by atoms with Gasteiger partial charge in [-0.3, -0.25) is 0 Å². The Morgan fingerprint density at radius 2 is 1.47 bits per heavy atom. The van der Waals surface area contributed by atoms with E-state index in [9.17, 15) is 0 Å². The molecule has 0 bridgehead atoms. The molecule has 0 spiro atoms. The Labute approximate surface area is 136 Å². The van der Waals surface area contributed by atoms with Gasteiger partial charge in [0.1, 0.15) is 0 Å². The molecule has 0 aliphatic heterocycles. The van der Waals surface area contributed by atoms with Gasteiger partial charge < -0.3 is 4.43 Å². The Bertz CT molecular complexity index is 200. The van der Waals surface area contributed by atoms with Crippen molar-refractivity contribution in [2.24, 2.45) is 0 Å². The zero-order valence-electron chi connectivity index (χ0n) is 12.5. The van der Waals surface area contributed by atoms with Gasteiger partial charge in [-0.1, -0.05) is 25.5 Å². The van der Waals surface area contributed by atoms with Crippen LogP contribution >= 0.6 is 0 Å². The summed E-state index contributed by atoms with van der Waals surface area (Å²) in [5.74, 6) is 0. The summed E-state index contributed by atoms with van der Waals surface area (Å²) in [5.41, 5.74) is 2.61. The molecule has 0 aromatic rings. The van der Waals surface area contributed by atoms with Crippen LogP contribution in [0.5, 0.6) is 0 Å². The molecular formula is C14H28OSiY-. The van der Waals surface area contributed by atoms with E-state index in [2.05, 4.69) is 40.7 Å². The molecule has 0 N–H and O–H groups in total. The van der Waals surface area contributed by atoms with Crippen molar-refractivity contribution < 1.29 is 37.1 Å². The molecule has 1 nitrogen and oxygen atoms in total. The van der Waals surface area contributed by atoms with E-state index >= 15 is 0 Å². The molecule has 0 aliphatic rings. The van der Waals surface area contributed by atoms with Crippen molar-refractivity contribution in [1.29, 1.82) is 0 Å². The van der Waals surface area contributed by atoms with Crippen LogP contribution in [0.4, 0.5) is 0 Å². The number of rotatable bonds is 5. The summed E-state index contributed by atoms with van der Waals surface area (Å²) in [7, 11) is -0.464. The van der Waals surface area contributed by atoms with Gasteiger partial charge in [0, 0.05) is 32.7 Å². The molecule has 0 amide bonds. The first kappa shape index (κ1) is 22.8. The fraction of sp³-hybridized carbons (Fsp3) is 0.643. The normalized spacial score (nSPS) is 8.65. The van der Waals surface area contributed by atoms with Crippen LogP contribution in [-0.2, 0) is 37.1 Å². The van der Waals surface area contributed by atoms with Gasteiger partial charge in [-0.05, 0) is 25.9 Å². The van der Waals surface area contributed by atoms with E-state index in [1.165, 1.54) is 23.2 Å². The first-order valence-corrected chi connectivity index (χ1v) is 7.83. The van der Waals surface area contributed by atoms with Crippen LogP contribution < -0.4 is 0 Å². The van der Waals surface area contributed by atoms with Gasteiger partial charge in [0.05, 0.1) is 6.61 Å². The van der Waals surface area contributed by atoms with Gasteiger partial charge in [0.15, 0.2) is 0 Å². The second kappa shape index (κ2) is 16.6. The Morgan fingerprint density at radius 3 is 1.71 bits per heavy atom. The van der Waals surface area contributed by atoms with Gasteiger partial charge >= 0.3 is 0 Å². The summed E-state index contributed by atoms with van der Waals surface area (Å²) < 4.78 is 5.68. The number of hydrogen-bond acceptors (Lipinski definition) is 1. The van der Waals surface area contributed by atoms with Crippen molar-refractivity contribution in [3.05, 3.63) is 30.2 Å². The molecule has 0 atom stereocenters. The Morgan fingerprint density at radius 1 is 1.06 bits per heavy atom. The minimum absolute atomic E-state index is 0. The van der Waals surface area contributed by atoms with Crippen LogP contribution in [0.1, 0.15) is 41.5 Å². The van der Waals surface area contributed by atoms with Gasteiger partial charge in [-0.15, -0.1) is 13.8 Å². The summed E-state index contributed by atoms with van der Waals surface area (Å²) in [6, 6.07) is 2.44. The molecule has 98 valence electrons. The molecule has 0 fully saturated rings. The van der Waals surface area contributed by atoms with Crippen LogP contribution in [0.3, 0.4) is 0 Å². The van der Waals surface area contributed by atoms with E-state index in [0.29, 0.717) is 0 Å². The molecule has 0 unspecified atom stereocenters. The second-order valence-corrected chi connectivity index (χ2v) is 6.90. The first-order valence-electron chi connectivity index (χ1n) is 6.01. The van der Waals surface area contributed by atoms with Crippen molar-refractivity contribution in [2.75, 3.05) is 6.61 Å². The fourth-order valence-electron chi connectivity index (χ4n) is 0.780. The zero-order valence-corrected chi connectivity index (χ0v) is 16.3. The predicted molar refractivity (Wildman–Crippen MR) is 76.9 cm³/mol. The summed E-state index contributed by atoms with van der Waals surface area (Å²) in [6.07, 6.45) is 3.98. The SMILES string of the molecule is CC[Si](CC)OCC=C(C)C.[CH2-]C=C(C)C.[Y]. The predicted octanol–water partition coefficient (Wildman–Crippen LogP) is 4.78. The monoisotopic (exact) mass is 329 g/mol. The first-order chi connectivity index (χ1) is 7.47. The van der Waals surface area contributed by atoms with E-state index in [1.807, 2.05) is 19.9 Å². The molecule has 2 radical (unpaired) electrons. The van der Waals surface area contributed by atoms with Gasteiger partial charge in [0.2, 0.25) is 9.04 Å². The molecule has 0 rings (SSSR count). The van der Waals surface area contributed by atoms with Crippen LogP contribution in [0.25, 0.3) is 0 Å². The average molecular weight is 329 g/mol. The third-order valence-corrected chi connectivity index (χ3v) is 4.13. The number of hydrogen-bond donors (Lipinski definition) is 0. The minimum atomic E-state index is -0.464. The van der Waals surface area contributed by atoms with Gasteiger partial charge in [-0.25, -0.2) is 18.6 Å². The van der Waals surface area contributed by atoms with Crippen molar-refractivity contribution in [1.82, 2.24) is 0 Å². The van der Waals surface area contributed by atoms with Crippen molar-refractivity contribution >= 4 is 9.04 Å². The molecule has 0 heterocycles. The quantitative estimate of drug-likeness (QED) is 0.400. The Balaban J connectivity index is -0.000000280. The molecule has 0 aromatic carbocycles. The molecule has 0 aliphatic carbocycles.